The molecule has 0 bridgehead atoms. The second kappa shape index (κ2) is 5.16. The largest absolute Gasteiger partial charge is 0.329 e. The Kier molecular flexibility index (Phi) is 3.50. The molecule has 1 aliphatic rings. The van der Waals surface area contributed by atoms with Gasteiger partial charge in [0.05, 0.1) is 5.25 Å². The van der Waals surface area contributed by atoms with Crippen LogP contribution in [0.5, 0.6) is 0 Å². The van der Waals surface area contributed by atoms with Gasteiger partial charge in [0.2, 0.25) is 10.0 Å². The first-order chi connectivity index (χ1) is 9.63. The molecular formula is C15H18N2O2S. The number of benzene rings is 2. The molecule has 1 atom stereocenters. The maximum atomic E-state index is 12.3. The molecule has 1 heterocycles. The van der Waals surface area contributed by atoms with Gasteiger partial charge in [0.1, 0.15) is 0 Å². The fraction of sp³-hybridized carbons (Fsp3) is 0.333. The zero-order valence-electron chi connectivity index (χ0n) is 11.2. The zero-order valence-corrected chi connectivity index (χ0v) is 12.0. The molecule has 2 N–H and O–H groups in total. The summed E-state index contributed by atoms with van der Waals surface area (Å²) in [7, 11) is -3.24. The zero-order chi connectivity index (χ0) is 14.2. The highest BCUT2D eigenvalue weighted by Crippen LogP contribution is 2.26. The fourth-order valence-electron chi connectivity index (χ4n) is 2.80. The quantitative estimate of drug-likeness (QED) is 0.936. The summed E-state index contributed by atoms with van der Waals surface area (Å²) in [6.07, 6.45) is 0.629. The molecule has 1 unspecified atom stereocenters. The van der Waals surface area contributed by atoms with Gasteiger partial charge in [-0.2, -0.15) is 4.31 Å². The third-order valence-electron chi connectivity index (χ3n) is 3.97. The Balaban J connectivity index is 1.95. The molecule has 0 aromatic heterocycles. The van der Waals surface area contributed by atoms with Gasteiger partial charge in [0.25, 0.3) is 0 Å². The van der Waals surface area contributed by atoms with Crippen LogP contribution in [0.15, 0.2) is 42.5 Å². The summed E-state index contributed by atoms with van der Waals surface area (Å²) in [5.74, 6) is 0. The van der Waals surface area contributed by atoms with Gasteiger partial charge in [-0.25, -0.2) is 8.42 Å². The Morgan fingerprint density at radius 3 is 2.65 bits per heavy atom. The minimum atomic E-state index is -3.24. The van der Waals surface area contributed by atoms with Crippen molar-refractivity contribution in [3.8, 4) is 0 Å². The van der Waals surface area contributed by atoms with Crippen LogP contribution in [0.3, 0.4) is 0 Å². The van der Waals surface area contributed by atoms with E-state index in [1.807, 2.05) is 42.5 Å². The monoisotopic (exact) mass is 290 g/mol. The van der Waals surface area contributed by atoms with Gasteiger partial charge in [-0.3, -0.25) is 0 Å². The van der Waals surface area contributed by atoms with Gasteiger partial charge in [-0.05, 0) is 22.8 Å². The normalized spacial score (nSPS) is 22.4. The molecule has 0 amide bonds. The van der Waals surface area contributed by atoms with E-state index in [-0.39, 0.29) is 6.54 Å². The van der Waals surface area contributed by atoms with E-state index in [4.69, 9.17) is 5.73 Å². The summed E-state index contributed by atoms with van der Waals surface area (Å²) in [5, 5.41) is 1.83. The van der Waals surface area contributed by atoms with Crippen LogP contribution in [0, 0.1) is 0 Å². The van der Waals surface area contributed by atoms with E-state index in [2.05, 4.69) is 0 Å². The van der Waals surface area contributed by atoms with Crippen molar-refractivity contribution in [3.63, 3.8) is 0 Å². The summed E-state index contributed by atoms with van der Waals surface area (Å²) in [4.78, 5) is 0. The first-order valence-electron chi connectivity index (χ1n) is 6.78. The molecule has 3 rings (SSSR count). The molecule has 0 spiro atoms. The Bertz CT molecular complexity index is 722. The van der Waals surface area contributed by atoms with E-state index >= 15 is 0 Å². The molecule has 106 valence electrons. The fourth-order valence-corrected chi connectivity index (χ4v) is 4.55. The van der Waals surface area contributed by atoms with Crippen molar-refractivity contribution in [1.29, 1.82) is 0 Å². The van der Waals surface area contributed by atoms with E-state index in [1.54, 1.807) is 4.31 Å². The summed E-state index contributed by atoms with van der Waals surface area (Å²) in [6, 6.07) is 14.1. The Morgan fingerprint density at radius 1 is 1.15 bits per heavy atom. The van der Waals surface area contributed by atoms with Crippen molar-refractivity contribution in [1.82, 2.24) is 4.31 Å². The molecule has 5 heteroatoms. The van der Waals surface area contributed by atoms with Crippen molar-refractivity contribution < 1.29 is 8.42 Å². The number of sulfonamides is 1. The lowest BCUT2D eigenvalue weighted by molar-refractivity contribution is 0.441. The van der Waals surface area contributed by atoms with E-state index in [1.165, 1.54) is 0 Å². The molecule has 2 aromatic carbocycles. The number of hydrogen-bond acceptors (Lipinski definition) is 3. The van der Waals surface area contributed by atoms with Crippen LogP contribution in [0.2, 0.25) is 0 Å². The van der Waals surface area contributed by atoms with Crippen molar-refractivity contribution in [2.75, 3.05) is 13.1 Å². The van der Waals surface area contributed by atoms with Gasteiger partial charge in [0.15, 0.2) is 0 Å². The van der Waals surface area contributed by atoms with Crippen LogP contribution in [0.4, 0.5) is 0 Å². The molecule has 20 heavy (non-hydrogen) atoms. The number of rotatable bonds is 3. The van der Waals surface area contributed by atoms with Gasteiger partial charge in [-0.15, -0.1) is 0 Å². The molecule has 1 saturated heterocycles. The topological polar surface area (TPSA) is 63.4 Å². The third-order valence-corrected chi connectivity index (χ3v) is 6.27. The van der Waals surface area contributed by atoms with E-state index in [0.717, 1.165) is 16.3 Å². The predicted octanol–water partition coefficient (Wildman–Crippen LogP) is 1.70. The highest BCUT2D eigenvalue weighted by molar-refractivity contribution is 7.90. The predicted molar refractivity (Wildman–Crippen MR) is 80.7 cm³/mol. The van der Waals surface area contributed by atoms with Gasteiger partial charge in [-0.1, -0.05) is 42.5 Å². The Hall–Kier alpha value is -1.43. The summed E-state index contributed by atoms with van der Waals surface area (Å²) >= 11 is 0. The first-order valence-corrected chi connectivity index (χ1v) is 8.29. The van der Waals surface area contributed by atoms with Crippen LogP contribution < -0.4 is 5.73 Å². The minimum absolute atomic E-state index is 0.203. The highest BCUT2D eigenvalue weighted by Gasteiger charge is 2.37. The number of hydrogen-bond donors (Lipinski definition) is 1. The average Bonchev–Trinajstić information content (AvgIpc) is 2.74. The van der Waals surface area contributed by atoms with Gasteiger partial charge in [0, 0.05) is 19.6 Å². The SMILES string of the molecule is NCC1CCN(Cc2cccc3ccccc23)S1(=O)=O. The standard InChI is InChI=1S/C15H18N2O2S/c16-10-14-8-9-17(20(14,18)19)11-13-6-3-5-12-4-1-2-7-15(12)13/h1-7,14H,8-11,16H2. The second-order valence-electron chi connectivity index (χ2n) is 5.16. The summed E-state index contributed by atoms with van der Waals surface area (Å²) in [6.45, 7) is 1.20. The smallest absolute Gasteiger partial charge is 0.218 e. The maximum Gasteiger partial charge on any atom is 0.218 e. The van der Waals surface area contributed by atoms with Crippen molar-refractivity contribution >= 4 is 20.8 Å². The minimum Gasteiger partial charge on any atom is -0.329 e. The lowest BCUT2D eigenvalue weighted by Gasteiger charge is -2.17. The van der Waals surface area contributed by atoms with Gasteiger partial charge >= 0.3 is 0 Å². The summed E-state index contributed by atoms with van der Waals surface area (Å²) < 4.78 is 26.2. The van der Waals surface area contributed by atoms with E-state index in [9.17, 15) is 8.42 Å². The highest BCUT2D eigenvalue weighted by atomic mass is 32.2. The molecule has 0 radical (unpaired) electrons. The molecule has 2 aromatic rings. The van der Waals surface area contributed by atoms with Gasteiger partial charge < -0.3 is 5.73 Å². The van der Waals surface area contributed by atoms with Crippen molar-refractivity contribution in [2.45, 2.75) is 18.2 Å². The number of nitrogens with zero attached hydrogens (tertiary/aromatic N) is 1. The van der Waals surface area contributed by atoms with Crippen molar-refractivity contribution in [2.24, 2.45) is 5.73 Å². The average molecular weight is 290 g/mol. The third kappa shape index (κ3) is 2.22. The lowest BCUT2D eigenvalue weighted by atomic mass is 10.0. The van der Waals surface area contributed by atoms with E-state index < -0.39 is 15.3 Å². The maximum absolute atomic E-state index is 12.3. The molecular weight excluding hydrogens is 272 g/mol. The molecule has 1 aliphatic heterocycles. The summed E-state index contributed by atoms with van der Waals surface area (Å²) in [5.41, 5.74) is 6.60. The molecule has 0 aliphatic carbocycles. The van der Waals surface area contributed by atoms with Crippen molar-refractivity contribution in [3.05, 3.63) is 48.0 Å². The number of fused-ring (bicyclic) bond motifs is 1. The van der Waals surface area contributed by atoms with Crippen LogP contribution in [0.1, 0.15) is 12.0 Å². The Labute approximate surface area is 119 Å². The Morgan fingerprint density at radius 2 is 1.90 bits per heavy atom. The second-order valence-corrected chi connectivity index (χ2v) is 7.38. The first kappa shape index (κ1) is 13.5. The molecule has 1 fully saturated rings. The van der Waals surface area contributed by atoms with E-state index in [0.29, 0.717) is 19.5 Å². The van der Waals surface area contributed by atoms with Crippen LogP contribution in [0.25, 0.3) is 10.8 Å². The number of nitrogens with two attached hydrogens (primary N) is 1. The van der Waals surface area contributed by atoms with Crippen LogP contribution >= 0.6 is 0 Å². The molecule has 0 saturated carbocycles. The lowest BCUT2D eigenvalue weighted by Crippen LogP contribution is -2.32. The van der Waals surface area contributed by atoms with Crippen LogP contribution in [-0.2, 0) is 16.6 Å². The molecule has 4 nitrogen and oxygen atoms in total. The van der Waals surface area contributed by atoms with Crippen LogP contribution in [-0.4, -0.2) is 31.1 Å².